The highest BCUT2D eigenvalue weighted by atomic mass is 35.5. The van der Waals surface area contributed by atoms with Gasteiger partial charge in [-0.25, -0.2) is 4.79 Å². The SMILES string of the molecule is CCOP(=O)(OCC)C(O)[C@H](CC1CCNC1=O)NC(=O)[C@H](Cc1ccccc1)NC(=O)OCc1cccc(Cl)c1. The minimum atomic E-state index is -4.09. The van der Waals surface area contributed by atoms with Crippen LogP contribution in [0.3, 0.4) is 0 Å². The molecule has 1 saturated heterocycles. The second-order valence-electron chi connectivity index (χ2n) is 9.51. The third kappa shape index (κ3) is 9.83. The highest BCUT2D eigenvalue weighted by Gasteiger charge is 2.43. The summed E-state index contributed by atoms with van der Waals surface area (Å²) in [5, 5.41) is 19.7. The average molecular weight is 610 g/mol. The van der Waals surface area contributed by atoms with Crippen molar-refractivity contribution in [2.45, 2.75) is 57.6 Å². The maximum atomic E-state index is 13.6. The molecule has 1 aliphatic heterocycles. The largest absolute Gasteiger partial charge is 0.445 e. The Labute approximate surface area is 244 Å². The molecule has 0 bridgehead atoms. The van der Waals surface area contributed by atoms with Gasteiger partial charge in [-0.1, -0.05) is 54.1 Å². The van der Waals surface area contributed by atoms with Crippen molar-refractivity contribution >= 4 is 37.1 Å². The number of rotatable bonds is 15. The van der Waals surface area contributed by atoms with Crippen molar-refractivity contribution < 1.29 is 37.8 Å². The standard InChI is InChI=1S/C28H37ClN3O8P/c1-3-39-41(37,40-4-2)27(35)24(17-21-13-14-30-25(21)33)31-26(34)23(16-19-9-6-5-7-10-19)32-28(36)38-18-20-11-8-12-22(29)15-20/h5-12,15,21,23-24,27,35H,3-4,13-14,16-18H2,1-2H3,(H,30,33)(H,31,34)(H,32,36)/t21?,23-,24-,27?/m0/s1. The maximum Gasteiger partial charge on any atom is 0.408 e. The molecule has 0 saturated carbocycles. The van der Waals surface area contributed by atoms with Crippen molar-refractivity contribution in [1.29, 1.82) is 0 Å². The lowest BCUT2D eigenvalue weighted by Gasteiger charge is -2.31. The smallest absolute Gasteiger partial charge is 0.408 e. The molecule has 3 rings (SSSR count). The molecular formula is C28H37ClN3O8P. The monoisotopic (exact) mass is 609 g/mol. The predicted molar refractivity (Wildman–Crippen MR) is 153 cm³/mol. The van der Waals surface area contributed by atoms with Crippen LogP contribution in [0.2, 0.25) is 5.02 Å². The number of alkyl carbamates (subject to hydrolysis) is 1. The molecule has 13 heteroatoms. The summed E-state index contributed by atoms with van der Waals surface area (Å²) in [5.41, 5.74) is 1.42. The molecule has 41 heavy (non-hydrogen) atoms. The second-order valence-corrected chi connectivity index (χ2v) is 12.1. The topological polar surface area (TPSA) is 152 Å². The molecule has 224 valence electrons. The predicted octanol–water partition coefficient (Wildman–Crippen LogP) is 3.77. The van der Waals surface area contributed by atoms with Crippen LogP contribution < -0.4 is 16.0 Å². The number of aliphatic hydroxyl groups is 1. The van der Waals surface area contributed by atoms with Crippen molar-refractivity contribution in [3.05, 3.63) is 70.7 Å². The fourth-order valence-electron chi connectivity index (χ4n) is 4.50. The maximum absolute atomic E-state index is 13.6. The van der Waals surface area contributed by atoms with Crippen molar-refractivity contribution in [3.8, 4) is 0 Å². The average Bonchev–Trinajstić information content (AvgIpc) is 3.35. The number of hydrogen-bond acceptors (Lipinski definition) is 8. The molecule has 1 heterocycles. The van der Waals surface area contributed by atoms with E-state index in [1.807, 2.05) is 6.07 Å². The molecule has 1 aliphatic rings. The van der Waals surface area contributed by atoms with E-state index in [2.05, 4.69) is 16.0 Å². The summed E-state index contributed by atoms with van der Waals surface area (Å²) >= 11 is 6.00. The first kappa shape index (κ1) is 32.6. The van der Waals surface area contributed by atoms with E-state index in [4.69, 9.17) is 25.4 Å². The summed E-state index contributed by atoms with van der Waals surface area (Å²) in [6.45, 7) is 3.57. The summed E-state index contributed by atoms with van der Waals surface area (Å²) < 4.78 is 29.4. The Morgan fingerprint density at radius 2 is 1.76 bits per heavy atom. The molecule has 0 radical (unpaired) electrons. The van der Waals surface area contributed by atoms with Crippen LogP contribution in [0.5, 0.6) is 0 Å². The zero-order chi connectivity index (χ0) is 29.8. The van der Waals surface area contributed by atoms with E-state index >= 15 is 0 Å². The lowest BCUT2D eigenvalue weighted by molar-refractivity contribution is -0.126. The minimum absolute atomic E-state index is 0.00439. The molecule has 4 atom stereocenters. The van der Waals surface area contributed by atoms with Gasteiger partial charge in [0.1, 0.15) is 12.6 Å². The van der Waals surface area contributed by atoms with Gasteiger partial charge in [0, 0.05) is 23.9 Å². The molecule has 0 aliphatic carbocycles. The Morgan fingerprint density at radius 1 is 1.07 bits per heavy atom. The van der Waals surface area contributed by atoms with E-state index in [-0.39, 0.29) is 38.6 Å². The summed E-state index contributed by atoms with van der Waals surface area (Å²) in [7, 11) is -4.09. The summed E-state index contributed by atoms with van der Waals surface area (Å²) in [4.78, 5) is 38.7. The fourth-order valence-corrected chi connectivity index (χ4v) is 6.45. The fraction of sp³-hybridized carbons (Fsp3) is 0.464. The number of nitrogens with one attached hydrogen (secondary N) is 3. The van der Waals surface area contributed by atoms with Crippen LogP contribution in [0.4, 0.5) is 4.79 Å². The van der Waals surface area contributed by atoms with Crippen molar-refractivity contribution in [1.82, 2.24) is 16.0 Å². The van der Waals surface area contributed by atoms with E-state index < -0.39 is 43.4 Å². The molecule has 2 unspecified atom stereocenters. The van der Waals surface area contributed by atoms with Crippen LogP contribution in [0.15, 0.2) is 54.6 Å². The van der Waals surface area contributed by atoms with E-state index in [0.29, 0.717) is 23.6 Å². The van der Waals surface area contributed by atoms with Crippen molar-refractivity contribution in [3.63, 3.8) is 0 Å². The number of benzene rings is 2. The lowest BCUT2D eigenvalue weighted by atomic mass is 9.98. The van der Waals surface area contributed by atoms with Crippen molar-refractivity contribution in [2.75, 3.05) is 19.8 Å². The molecule has 3 amide bonds. The van der Waals surface area contributed by atoms with Crippen LogP contribution in [0.1, 0.15) is 37.8 Å². The van der Waals surface area contributed by atoms with Gasteiger partial charge in [0.25, 0.3) is 0 Å². The molecule has 2 aromatic rings. The molecule has 0 spiro atoms. The number of halogens is 1. The number of hydrogen-bond donors (Lipinski definition) is 4. The van der Waals surface area contributed by atoms with E-state index in [0.717, 1.165) is 5.56 Å². The van der Waals surface area contributed by atoms with Crippen LogP contribution in [-0.4, -0.2) is 60.7 Å². The summed E-state index contributed by atoms with van der Waals surface area (Å²) in [6.07, 6.45) is -0.282. The number of amides is 3. The lowest BCUT2D eigenvalue weighted by Crippen LogP contribution is -2.54. The van der Waals surface area contributed by atoms with Gasteiger partial charge in [0.15, 0.2) is 5.85 Å². The first-order valence-electron chi connectivity index (χ1n) is 13.5. The number of carbonyl (C=O) groups is 3. The molecule has 4 N–H and O–H groups in total. The highest BCUT2D eigenvalue weighted by molar-refractivity contribution is 7.54. The minimum Gasteiger partial charge on any atom is -0.445 e. The molecular weight excluding hydrogens is 573 g/mol. The zero-order valence-corrected chi connectivity index (χ0v) is 24.7. The van der Waals surface area contributed by atoms with Crippen molar-refractivity contribution in [2.24, 2.45) is 5.92 Å². The van der Waals surface area contributed by atoms with Gasteiger partial charge in [-0.15, -0.1) is 0 Å². The van der Waals surface area contributed by atoms with Crippen LogP contribution in [-0.2, 0) is 41.0 Å². The van der Waals surface area contributed by atoms with E-state index in [1.165, 1.54) is 0 Å². The van der Waals surface area contributed by atoms with Gasteiger partial charge in [-0.2, -0.15) is 0 Å². The Kier molecular flexibility index (Phi) is 12.6. The second kappa shape index (κ2) is 15.9. The quantitative estimate of drug-likeness (QED) is 0.223. The third-order valence-corrected chi connectivity index (χ3v) is 8.96. The third-order valence-electron chi connectivity index (χ3n) is 6.48. The Balaban J connectivity index is 1.81. The van der Waals surface area contributed by atoms with Gasteiger partial charge >= 0.3 is 13.7 Å². The summed E-state index contributed by atoms with van der Waals surface area (Å²) in [5.74, 6) is -3.19. The zero-order valence-electron chi connectivity index (χ0n) is 23.1. The van der Waals surface area contributed by atoms with Gasteiger partial charge in [0.05, 0.1) is 19.3 Å². The molecule has 1 fully saturated rings. The summed E-state index contributed by atoms with van der Waals surface area (Å²) in [6, 6.07) is 13.5. The van der Waals surface area contributed by atoms with Gasteiger partial charge < -0.3 is 34.8 Å². The van der Waals surface area contributed by atoms with Crippen LogP contribution in [0, 0.1) is 5.92 Å². The molecule has 11 nitrogen and oxygen atoms in total. The van der Waals surface area contributed by atoms with Crippen LogP contribution >= 0.6 is 19.2 Å². The van der Waals surface area contributed by atoms with Crippen LogP contribution in [0.25, 0.3) is 0 Å². The Bertz CT molecular complexity index is 1210. The number of carbonyl (C=O) groups excluding carboxylic acids is 3. The first-order valence-corrected chi connectivity index (χ1v) is 15.5. The first-order chi connectivity index (χ1) is 19.6. The van der Waals surface area contributed by atoms with Gasteiger partial charge in [-0.3, -0.25) is 14.2 Å². The number of ether oxygens (including phenoxy) is 1. The molecule has 0 aromatic heterocycles. The van der Waals surface area contributed by atoms with E-state index in [1.54, 1.807) is 62.4 Å². The van der Waals surface area contributed by atoms with E-state index in [9.17, 15) is 24.1 Å². The normalized spacial score (nSPS) is 17.3. The number of aliphatic hydroxyl groups excluding tert-OH is 1. The van der Waals surface area contributed by atoms with Gasteiger partial charge in [0.2, 0.25) is 11.8 Å². The van der Waals surface area contributed by atoms with Gasteiger partial charge in [-0.05, 0) is 49.9 Å². The Morgan fingerprint density at radius 3 is 2.37 bits per heavy atom. The Hall–Kier alpha value is -2.95. The molecule has 2 aromatic carbocycles. The highest BCUT2D eigenvalue weighted by Crippen LogP contribution is 2.53.